The van der Waals surface area contributed by atoms with Crippen LogP contribution < -0.4 is 15.6 Å². The molecule has 6 heteroatoms. The first kappa shape index (κ1) is 17.2. The Bertz CT molecular complexity index is 814. The third-order valence-electron chi connectivity index (χ3n) is 4.42. The van der Waals surface area contributed by atoms with Gasteiger partial charge in [-0.15, -0.1) is 0 Å². The summed E-state index contributed by atoms with van der Waals surface area (Å²) in [5, 5.41) is 7.30. The molecule has 0 bridgehead atoms. The largest absolute Gasteiger partial charge is 0.497 e. The van der Waals surface area contributed by atoms with Crippen molar-refractivity contribution in [2.75, 3.05) is 13.7 Å². The van der Waals surface area contributed by atoms with Crippen LogP contribution in [0.5, 0.6) is 5.75 Å². The minimum atomic E-state index is -0.0947. The lowest BCUT2D eigenvalue weighted by Crippen LogP contribution is -2.33. The van der Waals surface area contributed by atoms with E-state index in [1.165, 1.54) is 4.68 Å². The summed E-state index contributed by atoms with van der Waals surface area (Å²) in [5.41, 5.74) is 2.90. The molecular weight excluding hydrogens is 318 g/mol. The highest BCUT2D eigenvalue weighted by atomic mass is 16.5. The third-order valence-corrected chi connectivity index (χ3v) is 4.42. The molecule has 1 heterocycles. The summed E-state index contributed by atoms with van der Waals surface area (Å²) in [6, 6.07) is 9.12. The van der Waals surface area contributed by atoms with E-state index in [0.717, 1.165) is 48.3 Å². The predicted molar refractivity (Wildman–Crippen MR) is 94.8 cm³/mol. The maximum Gasteiger partial charge on any atom is 0.267 e. The molecule has 2 aromatic rings. The molecule has 0 aliphatic heterocycles. The fourth-order valence-corrected chi connectivity index (χ4v) is 3.09. The lowest BCUT2D eigenvalue weighted by atomic mass is 9.97. The van der Waals surface area contributed by atoms with Crippen molar-refractivity contribution in [2.45, 2.75) is 38.6 Å². The van der Waals surface area contributed by atoms with Gasteiger partial charge in [-0.25, -0.2) is 4.68 Å². The first-order chi connectivity index (χ1) is 12.2. The van der Waals surface area contributed by atoms with Crippen molar-refractivity contribution in [3.05, 3.63) is 57.5 Å². The molecule has 1 amide bonds. The van der Waals surface area contributed by atoms with Gasteiger partial charge in [-0.05, 0) is 48.9 Å². The second kappa shape index (κ2) is 7.96. The van der Waals surface area contributed by atoms with Gasteiger partial charge in [0.1, 0.15) is 5.75 Å². The number of rotatable bonds is 6. The first-order valence-electron chi connectivity index (χ1n) is 8.65. The lowest BCUT2D eigenvalue weighted by molar-refractivity contribution is -0.120. The second-order valence-corrected chi connectivity index (χ2v) is 6.26. The molecule has 0 saturated carbocycles. The van der Waals surface area contributed by atoms with Crippen LogP contribution in [0.25, 0.3) is 0 Å². The maximum atomic E-state index is 12.1. The number of benzene rings is 1. The number of nitrogens with one attached hydrogen (secondary N) is 1. The molecule has 0 spiro atoms. The van der Waals surface area contributed by atoms with Crippen LogP contribution >= 0.6 is 0 Å². The zero-order valence-electron chi connectivity index (χ0n) is 14.5. The number of nitrogens with zero attached hydrogens (tertiary/aromatic N) is 2. The fraction of sp³-hybridized carbons (Fsp3) is 0.421. The number of methoxy groups -OCH3 is 1. The minimum Gasteiger partial charge on any atom is -0.497 e. The molecule has 0 unspecified atom stereocenters. The number of aryl methyl sites for hydroxylation is 2. The van der Waals surface area contributed by atoms with Gasteiger partial charge in [-0.3, -0.25) is 9.59 Å². The predicted octanol–water partition coefficient (Wildman–Crippen LogP) is 1.49. The van der Waals surface area contributed by atoms with Crippen LogP contribution in [0.2, 0.25) is 0 Å². The Morgan fingerprint density at radius 2 is 2.12 bits per heavy atom. The Hall–Kier alpha value is -2.63. The van der Waals surface area contributed by atoms with Gasteiger partial charge in [0.15, 0.2) is 0 Å². The van der Waals surface area contributed by atoms with Crippen molar-refractivity contribution in [1.29, 1.82) is 0 Å². The number of fused-ring (bicyclic) bond motifs is 1. The van der Waals surface area contributed by atoms with Gasteiger partial charge in [0.2, 0.25) is 5.91 Å². The molecule has 0 fully saturated rings. The molecule has 132 valence electrons. The van der Waals surface area contributed by atoms with Crippen LogP contribution in [0.1, 0.15) is 29.7 Å². The third kappa shape index (κ3) is 4.47. The van der Waals surface area contributed by atoms with Gasteiger partial charge in [0.05, 0.1) is 25.8 Å². The molecule has 1 aliphatic carbocycles. The SMILES string of the molecule is COc1cccc(CC(=O)NCCn2nc3c(cc2=O)CCCC3)c1. The average molecular weight is 341 g/mol. The van der Waals surface area contributed by atoms with E-state index in [0.29, 0.717) is 13.1 Å². The number of ether oxygens (including phenoxy) is 1. The van der Waals surface area contributed by atoms with Gasteiger partial charge in [-0.2, -0.15) is 5.10 Å². The van der Waals surface area contributed by atoms with E-state index in [-0.39, 0.29) is 17.9 Å². The van der Waals surface area contributed by atoms with Crippen LogP contribution in [-0.2, 0) is 30.6 Å². The maximum absolute atomic E-state index is 12.1. The summed E-state index contributed by atoms with van der Waals surface area (Å²) in [6.45, 7) is 0.768. The van der Waals surface area contributed by atoms with Crippen molar-refractivity contribution in [1.82, 2.24) is 15.1 Å². The summed E-state index contributed by atoms with van der Waals surface area (Å²) in [6.07, 6.45) is 4.39. The van der Waals surface area contributed by atoms with E-state index in [1.807, 2.05) is 24.3 Å². The van der Waals surface area contributed by atoms with E-state index in [9.17, 15) is 9.59 Å². The van der Waals surface area contributed by atoms with Crippen LogP contribution in [0, 0.1) is 0 Å². The summed E-state index contributed by atoms with van der Waals surface area (Å²) in [5.74, 6) is 0.648. The van der Waals surface area contributed by atoms with Gasteiger partial charge >= 0.3 is 0 Å². The lowest BCUT2D eigenvalue weighted by Gasteiger charge is -2.16. The zero-order valence-corrected chi connectivity index (χ0v) is 14.5. The number of amides is 1. The van der Waals surface area contributed by atoms with Gasteiger partial charge in [0.25, 0.3) is 5.56 Å². The summed E-state index contributed by atoms with van der Waals surface area (Å²) in [4.78, 5) is 24.2. The minimum absolute atomic E-state index is 0.0840. The summed E-state index contributed by atoms with van der Waals surface area (Å²) in [7, 11) is 1.60. The molecule has 1 aromatic carbocycles. The van der Waals surface area contributed by atoms with Gasteiger partial charge in [-0.1, -0.05) is 12.1 Å². The van der Waals surface area contributed by atoms with E-state index in [2.05, 4.69) is 10.4 Å². The smallest absolute Gasteiger partial charge is 0.267 e. The molecule has 0 atom stereocenters. The molecule has 0 radical (unpaired) electrons. The standard InChI is InChI=1S/C19H23N3O3/c1-25-16-7-4-5-14(11-16)12-18(23)20-9-10-22-19(24)13-15-6-2-3-8-17(15)21-22/h4-5,7,11,13H,2-3,6,8-10,12H2,1H3,(H,20,23). The van der Waals surface area contributed by atoms with Crippen LogP contribution in [0.4, 0.5) is 0 Å². The Kier molecular flexibility index (Phi) is 5.48. The zero-order chi connectivity index (χ0) is 17.6. The number of carbonyl (C=O) groups excluding carboxylic acids is 1. The molecular formula is C19H23N3O3. The van der Waals surface area contributed by atoms with E-state index < -0.39 is 0 Å². The Labute approximate surface area is 146 Å². The molecule has 0 saturated heterocycles. The molecule has 1 N–H and O–H groups in total. The van der Waals surface area contributed by atoms with Crippen LogP contribution in [0.15, 0.2) is 35.1 Å². The topological polar surface area (TPSA) is 73.2 Å². The van der Waals surface area contributed by atoms with Gasteiger partial charge < -0.3 is 10.1 Å². The fourth-order valence-electron chi connectivity index (χ4n) is 3.09. The number of hydrogen-bond donors (Lipinski definition) is 1. The Morgan fingerprint density at radius 1 is 1.28 bits per heavy atom. The number of aromatic nitrogens is 2. The first-order valence-corrected chi connectivity index (χ1v) is 8.65. The van der Waals surface area contributed by atoms with Crippen molar-refractivity contribution < 1.29 is 9.53 Å². The average Bonchev–Trinajstić information content (AvgIpc) is 2.62. The van der Waals surface area contributed by atoms with E-state index in [1.54, 1.807) is 13.2 Å². The molecule has 1 aromatic heterocycles. The molecule has 6 nitrogen and oxygen atoms in total. The van der Waals surface area contributed by atoms with E-state index >= 15 is 0 Å². The second-order valence-electron chi connectivity index (χ2n) is 6.26. The van der Waals surface area contributed by atoms with Crippen molar-refractivity contribution in [2.24, 2.45) is 0 Å². The highest BCUT2D eigenvalue weighted by Crippen LogP contribution is 2.16. The van der Waals surface area contributed by atoms with Crippen molar-refractivity contribution in [3.63, 3.8) is 0 Å². The number of carbonyl (C=O) groups is 1. The van der Waals surface area contributed by atoms with Crippen LogP contribution in [0.3, 0.4) is 0 Å². The molecule has 3 rings (SSSR count). The molecule has 1 aliphatic rings. The summed E-state index contributed by atoms with van der Waals surface area (Å²) < 4.78 is 6.61. The highest BCUT2D eigenvalue weighted by molar-refractivity contribution is 5.78. The monoisotopic (exact) mass is 341 g/mol. The highest BCUT2D eigenvalue weighted by Gasteiger charge is 2.13. The normalized spacial score (nSPS) is 13.2. The number of hydrogen-bond acceptors (Lipinski definition) is 4. The molecule has 25 heavy (non-hydrogen) atoms. The van der Waals surface area contributed by atoms with E-state index in [4.69, 9.17) is 4.74 Å². The van der Waals surface area contributed by atoms with Gasteiger partial charge in [0, 0.05) is 12.6 Å². The van der Waals surface area contributed by atoms with Crippen LogP contribution in [-0.4, -0.2) is 29.3 Å². The Morgan fingerprint density at radius 3 is 2.96 bits per heavy atom. The summed E-state index contributed by atoms with van der Waals surface area (Å²) >= 11 is 0. The van der Waals surface area contributed by atoms with Crippen molar-refractivity contribution in [3.8, 4) is 5.75 Å². The Balaban J connectivity index is 1.54. The van der Waals surface area contributed by atoms with Crippen molar-refractivity contribution >= 4 is 5.91 Å². The quantitative estimate of drug-likeness (QED) is 0.864.